The highest BCUT2D eigenvalue weighted by molar-refractivity contribution is 9.10. The number of anilines is 1. The fourth-order valence-corrected chi connectivity index (χ4v) is 3.34. The van der Waals surface area contributed by atoms with Crippen LogP contribution in [-0.2, 0) is 4.74 Å². The van der Waals surface area contributed by atoms with E-state index in [1.807, 2.05) is 32.3 Å². The first kappa shape index (κ1) is 17.5. The maximum atomic E-state index is 6.04. The van der Waals surface area contributed by atoms with Gasteiger partial charge in [-0.3, -0.25) is 5.32 Å². The molecule has 0 amide bonds. The van der Waals surface area contributed by atoms with Crippen molar-refractivity contribution < 1.29 is 9.47 Å². The minimum absolute atomic E-state index is 0.00565. The lowest BCUT2D eigenvalue weighted by molar-refractivity contribution is 0.0157. The molecule has 1 aliphatic heterocycles. The van der Waals surface area contributed by atoms with Gasteiger partial charge in [-0.05, 0) is 51.8 Å². The highest BCUT2D eigenvalue weighted by Crippen LogP contribution is 2.29. The van der Waals surface area contributed by atoms with Gasteiger partial charge in [0.15, 0.2) is 0 Å². The lowest BCUT2D eigenvalue weighted by Gasteiger charge is -2.16. The van der Waals surface area contributed by atoms with Gasteiger partial charge in [0.05, 0.1) is 4.47 Å². The van der Waals surface area contributed by atoms with Crippen LogP contribution in [-0.4, -0.2) is 33.4 Å². The van der Waals surface area contributed by atoms with Gasteiger partial charge in [0.1, 0.15) is 24.7 Å². The number of hydrogen-bond donors (Lipinski definition) is 1. The monoisotopic (exact) mass is 410 g/mol. The standard InChI is InChI=1S/C18H20BrClN2O2/c1-22(2)14-6-3-12(4-7-14)18-21-10-15(24-18)11-23-17-8-5-13(20)9-16(17)19/h3-9,15,18,21H,10-11H2,1-2H3/t15-,18-/m0/s1. The third-order valence-corrected chi connectivity index (χ3v) is 4.75. The maximum absolute atomic E-state index is 6.04. The van der Waals surface area contributed by atoms with E-state index in [0.29, 0.717) is 11.6 Å². The average molecular weight is 412 g/mol. The molecule has 6 heteroatoms. The number of rotatable bonds is 5. The molecule has 2 aromatic rings. The third-order valence-electron chi connectivity index (χ3n) is 3.89. The van der Waals surface area contributed by atoms with Crippen molar-refractivity contribution in [3.8, 4) is 5.75 Å². The Balaban J connectivity index is 1.55. The first-order valence-electron chi connectivity index (χ1n) is 7.77. The quantitative estimate of drug-likeness (QED) is 0.798. The summed E-state index contributed by atoms with van der Waals surface area (Å²) in [5.41, 5.74) is 2.29. The average Bonchev–Trinajstić information content (AvgIpc) is 3.03. The molecule has 0 unspecified atom stereocenters. The number of ether oxygens (including phenoxy) is 2. The molecule has 128 valence electrons. The molecule has 0 aromatic heterocycles. The summed E-state index contributed by atoms with van der Waals surface area (Å²) in [5.74, 6) is 0.766. The van der Waals surface area contributed by atoms with Gasteiger partial charge in [-0.25, -0.2) is 0 Å². The minimum atomic E-state index is -0.0940. The summed E-state index contributed by atoms with van der Waals surface area (Å²) in [6, 6.07) is 13.8. The zero-order valence-electron chi connectivity index (χ0n) is 13.6. The van der Waals surface area contributed by atoms with Gasteiger partial charge in [-0.2, -0.15) is 0 Å². The molecule has 1 aliphatic rings. The summed E-state index contributed by atoms with van der Waals surface area (Å²) in [6.45, 7) is 1.24. The van der Waals surface area contributed by atoms with Gasteiger partial charge >= 0.3 is 0 Å². The van der Waals surface area contributed by atoms with Crippen LogP contribution in [0.5, 0.6) is 5.75 Å². The van der Waals surface area contributed by atoms with Crippen LogP contribution < -0.4 is 15.0 Å². The Hall–Kier alpha value is -1.27. The molecule has 1 heterocycles. The van der Waals surface area contributed by atoms with Gasteiger partial charge in [0.25, 0.3) is 0 Å². The molecule has 1 N–H and O–H groups in total. The second-order valence-electron chi connectivity index (χ2n) is 5.92. The van der Waals surface area contributed by atoms with E-state index in [1.54, 1.807) is 0 Å². The molecule has 0 aliphatic carbocycles. The Morgan fingerprint density at radius 3 is 2.67 bits per heavy atom. The summed E-state index contributed by atoms with van der Waals surface area (Å²) < 4.78 is 12.7. The van der Waals surface area contributed by atoms with Crippen LogP contribution in [0.4, 0.5) is 5.69 Å². The molecular weight excluding hydrogens is 392 g/mol. The van der Waals surface area contributed by atoms with Crippen molar-refractivity contribution >= 4 is 33.2 Å². The van der Waals surface area contributed by atoms with E-state index < -0.39 is 0 Å². The fourth-order valence-electron chi connectivity index (χ4n) is 2.54. The van der Waals surface area contributed by atoms with Crippen molar-refractivity contribution in [1.29, 1.82) is 0 Å². The molecule has 0 saturated carbocycles. The highest BCUT2D eigenvalue weighted by Gasteiger charge is 2.26. The number of nitrogens with zero attached hydrogens (tertiary/aromatic N) is 1. The first-order chi connectivity index (χ1) is 11.5. The molecule has 0 spiro atoms. The Morgan fingerprint density at radius 2 is 2.00 bits per heavy atom. The van der Waals surface area contributed by atoms with Crippen LogP contribution >= 0.6 is 27.5 Å². The molecule has 0 bridgehead atoms. The van der Waals surface area contributed by atoms with Crippen LogP contribution in [0.15, 0.2) is 46.9 Å². The zero-order valence-corrected chi connectivity index (χ0v) is 16.0. The van der Waals surface area contributed by atoms with Crippen molar-refractivity contribution in [2.45, 2.75) is 12.3 Å². The van der Waals surface area contributed by atoms with Crippen molar-refractivity contribution in [3.05, 3.63) is 57.5 Å². The Labute approximate surface area is 155 Å². The summed E-state index contributed by atoms with van der Waals surface area (Å²) in [4.78, 5) is 2.08. The number of hydrogen-bond acceptors (Lipinski definition) is 4. The minimum Gasteiger partial charge on any atom is -0.490 e. The number of halogens is 2. The van der Waals surface area contributed by atoms with Crippen LogP contribution in [0.25, 0.3) is 0 Å². The molecule has 0 radical (unpaired) electrons. The predicted molar refractivity (Wildman–Crippen MR) is 101 cm³/mol. The zero-order chi connectivity index (χ0) is 17.1. The van der Waals surface area contributed by atoms with E-state index in [4.69, 9.17) is 21.1 Å². The number of benzene rings is 2. The molecule has 1 saturated heterocycles. The second kappa shape index (κ2) is 7.74. The molecule has 4 nitrogen and oxygen atoms in total. The van der Waals surface area contributed by atoms with Gasteiger partial charge in [0.2, 0.25) is 0 Å². The Kier molecular flexibility index (Phi) is 5.66. The SMILES string of the molecule is CN(C)c1ccc([C@H]2NC[C@@H](COc3ccc(Cl)cc3Br)O2)cc1. The summed E-state index contributed by atoms with van der Waals surface area (Å²) in [6.07, 6.45) is -0.0884. The van der Waals surface area contributed by atoms with Gasteiger partial charge in [-0.1, -0.05) is 23.7 Å². The second-order valence-corrected chi connectivity index (χ2v) is 7.21. The smallest absolute Gasteiger partial charge is 0.135 e. The van der Waals surface area contributed by atoms with E-state index in [1.165, 1.54) is 5.69 Å². The molecular formula is C18H20BrClN2O2. The van der Waals surface area contributed by atoms with Crippen molar-refractivity contribution in [2.24, 2.45) is 0 Å². The van der Waals surface area contributed by atoms with E-state index >= 15 is 0 Å². The summed E-state index contributed by atoms with van der Waals surface area (Å²) in [7, 11) is 4.06. The normalized spacial score (nSPS) is 20.2. The van der Waals surface area contributed by atoms with Crippen molar-refractivity contribution in [2.75, 3.05) is 32.1 Å². The largest absolute Gasteiger partial charge is 0.490 e. The van der Waals surface area contributed by atoms with Crippen LogP contribution in [0.1, 0.15) is 11.8 Å². The molecule has 3 rings (SSSR count). The highest BCUT2D eigenvalue weighted by atomic mass is 79.9. The lowest BCUT2D eigenvalue weighted by Crippen LogP contribution is -2.22. The number of nitrogens with one attached hydrogen (secondary N) is 1. The lowest BCUT2D eigenvalue weighted by atomic mass is 10.2. The topological polar surface area (TPSA) is 33.7 Å². The van der Waals surface area contributed by atoms with Gasteiger partial charge in [-0.15, -0.1) is 0 Å². The predicted octanol–water partition coefficient (Wildman–Crippen LogP) is 4.23. The Bertz CT molecular complexity index is 694. The maximum Gasteiger partial charge on any atom is 0.135 e. The molecule has 24 heavy (non-hydrogen) atoms. The fraction of sp³-hybridized carbons (Fsp3) is 0.333. The van der Waals surface area contributed by atoms with Gasteiger partial charge < -0.3 is 14.4 Å². The summed E-state index contributed by atoms with van der Waals surface area (Å²) in [5, 5.41) is 4.06. The van der Waals surface area contributed by atoms with E-state index in [2.05, 4.69) is 50.4 Å². The summed E-state index contributed by atoms with van der Waals surface area (Å²) >= 11 is 9.39. The molecule has 2 atom stereocenters. The molecule has 1 fully saturated rings. The molecule has 2 aromatic carbocycles. The van der Waals surface area contributed by atoms with E-state index in [9.17, 15) is 0 Å². The van der Waals surface area contributed by atoms with Crippen LogP contribution in [0.2, 0.25) is 5.02 Å². The van der Waals surface area contributed by atoms with Crippen molar-refractivity contribution in [3.63, 3.8) is 0 Å². The first-order valence-corrected chi connectivity index (χ1v) is 8.94. The van der Waals surface area contributed by atoms with Crippen LogP contribution in [0, 0.1) is 0 Å². The van der Waals surface area contributed by atoms with E-state index in [0.717, 1.165) is 22.3 Å². The van der Waals surface area contributed by atoms with Crippen molar-refractivity contribution in [1.82, 2.24) is 5.32 Å². The van der Waals surface area contributed by atoms with E-state index in [-0.39, 0.29) is 12.3 Å². The van der Waals surface area contributed by atoms with Crippen LogP contribution in [0.3, 0.4) is 0 Å². The van der Waals surface area contributed by atoms with Gasteiger partial charge in [0, 0.05) is 31.4 Å². The third kappa shape index (κ3) is 4.22. The Morgan fingerprint density at radius 1 is 1.25 bits per heavy atom.